The molecule has 8 aromatic rings. The first kappa shape index (κ1) is 27.6. The molecular formula is C45H28N2O2. The molecule has 0 bridgehead atoms. The Morgan fingerprint density at radius 2 is 1.08 bits per heavy atom. The lowest BCUT2D eigenvalue weighted by molar-refractivity contribution is 0.359. The van der Waals surface area contributed by atoms with Crippen molar-refractivity contribution in [2.45, 2.75) is 5.41 Å². The minimum atomic E-state index is -0.503. The summed E-state index contributed by atoms with van der Waals surface area (Å²) in [5, 5.41) is 1.02. The van der Waals surface area contributed by atoms with Gasteiger partial charge >= 0.3 is 0 Å². The Kier molecular flexibility index (Phi) is 6.06. The van der Waals surface area contributed by atoms with Crippen LogP contribution in [0.25, 0.3) is 44.5 Å². The molecule has 4 nitrogen and oxygen atoms in total. The SMILES string of the molecule is c1ccc(C2(c3ccccc3)c3ccccc3-c3cc4c(cc32)Oc2ccc(-c3cccc(-c5ncc6ccccc6n5)c3)cc2O4)cc1. The molecule has 10 rings (SSSR count). The van der Waals surface area contributed by atoms with Gasteiger partial charge < -0.3 is 9.47 Å². The van der Waals surface area contributed by atoms with Gasteiger partial charge in [-0.05, 0) is 80.9 Å². The van der Waals surface area contributed by atoms with Crippen molar-refractivity contribution in [3.8, 4) is 56.6 Å². The van der Waals surface area contributed by atoms with E-state index in [0.717, 1.165) is 33.2 Å². The molecule has 230 valence electrons. The number of benzene rings is 7. The Labute approximate surface area is 283 Å². The minimum absolute atomic E-state index is 0.503. The maximum atomic E-state index is 6.67. The van der Waals surface area contributed by atoms with E-state index in [9.17, 15) is 0 Å². The number of aromatic nitrogens is 2. The molecule has 7 aromatic carbocycles. The number of para-hydroxylation sites is 1. The van der Waals surface area contributed by atoms with Gasteiger partial charge in [-0.2, -0.15) is 0 Å². The van der Waals surface area contributed by atoms with E-state index in [1.807, 2.05) is 48.7 Å². The number of hydrogen-bond donors (Lipinski definition) is 0. The minimum Gasteiger partial charge on any atom is -0.450 e. The second kappa shape index (κ2) is 10.8. The van der Waals surface area contributed by atoms with Crippen molar-refractivity contribution < 1.29 is 9.47 Å². The first-order chi connectivity index (χ1) is 24.3. The fraction of sp³-hybridized carbons (Fsp3) is 0.0222. The quantitative estimate of drug-likeness (QED) is 0.195. The third-order valence-electron chi connectivity index (χ3n) is 9.85. The normalized spacial score (nSPS) is 13.4. The Bertz CT molecular complexity index is 2520. The van der Waals surface area contributed by atoms with Crippen LogP contribution in [0.3, 0.4) is 0 Å². The standard InChI is InChI=1S/C45H28N2O2/c1-3-15-33(16-4-1)45(34-17-5-2-6-18-34)37-20-9-8-19-35(37)36-26-42-43(27-38(36)45)48-40-23-22-30(25-41(40)49-42)29-13-11-14-31(24-29)44-46-28-32-12-7-10-21-39(32)47-44/h1-28H. The van der Waals surface area contributed by atoms with Gasteiger partial charge in [0, 0.05) is 17.1 Å². The summed E-state index contributed by atoms with van der Waals surface area (Å²) < 4.78 is 13.3. The molecule has 4 heteroatoms. The molecule has 49 heavy (non-hydrogen) atoms. The first-order valence-electron chi connectivity index (χ1n) is 16.5. The molecule has 0 saturated carbocycles. The molecule has 0 fully saturated rings. The van der Waals surface area contributed by atoms with E-state index < -0.39 is 5.41 Å². The number of fused-ring (bicyclic) bond motifs is 6. The molecular weight excluding hydrogens is 601 g/mol. The van der Waals surface area contributed by atoms with Gasteiger partial charge in [-0.25, -0.2) is 9.97 Å². The average Bonchev–Trinajstić information content (AvgIpc) is 3.46. The van der Waals surface area contributed by atoms with Crippen molar-refractivity contribution in [3.05, 3.63) is 192 Å². The lowest BCUT2D eigenvalue weighted by Gasteiger charge is -2.34. The van der Waals surface area contributed by atoms with Crippen LogP contribution in [0, 0.1) is 0 Å². The molecule has 2 heterocycles. The third-order valence-corrected chi connectivity index (χ3v) is 9.85. The van der Waals surface area contributed by atoms with E-state index in [-0.39, 0.29) is 0 Å². The van der Waals surface area contributed by atoms with Crippen LogP contribution in [0.2, 0.25) is 0 Å². The highest BCUT2D eigenvalue weighted by molar-refractivity contribution is 5.88. The summed E-state index contributed by atoms with van der Waals surface area (Å²) in [6.45, 7) is 0. The summed E-state index contributed by atoms with van der Waals surface area (Å²) in [6.07, 6.45) is 1.88. The van der Waals surface area contributed by atoms with Crippen molar-refractivity contribution in [1.29, 1.82) is 0 Å². The molecule has 0 amide bonds. The lowest BCUT2D eigenvalue weighted by Crippen LogP contribution is -2.28. The van der Waals surface area contributed by atoms with E-state index in [1.54, 1.807) is 0 Å². The van der Waals surface area contributed by atoms with E-state index >= 15 is 0 Å². The first-order valence-corrected chi connectivity index (χ1v) is 16.5. The van der Waals surface area contributed by atoms with Crippen LogP contribution in [0.15, 0.2) is 170 Å². The summed E-state index contributed by atoms with van der Waals surface area (Å²) in [5.41, 5.74) is 10.6. The fourth-order valence-corrected chi connectivity index (χ4v) is 7.65. The highest BCUT2D eigenvalue weighted by Crippen LogP contribution is 2.59. The van der Waals surface area contributed by atoms with E-state index in [2.05, 4.69) is 126 Å². The summed E-state index contributed by atoms with van der Waals surface area (Å²) in [4.78, 5) is 9.46. The van der Waals surface area contributed by atoms with E-state index in [1.165, 1.54) is 27.8 Å². The predicted molar refractivity (Wildman–Crippen MR) is 194 cm³/mol. The molecule has 0 N–H and O–H groups in total. The molecule has 0 radical (unpaired) electrons. The highest BCUT2D eigenvalue weighted by Gasteiger charge is 2.47. The van der Waals surface area contributed by atoms with Crippen LogP contribution in [0.5, 0.6) is 23.0 Å². The van der Waals surface area contributed by atoms with Gasteiger partial charge in [0.05, 0.1) is 10.9 Å². The van der Waals surface area contributed by atoms with Crippen molar-refractivity contribution >= 4 is 10.9 Å². The maximum absolute atomic E-state index is 6.67. The summed E-state index contributed by atoms with van der Waals surface area (Å²) in [7, 11) is 0. The topological polar surface area (TPSA) is 44.2 Å². The molecule has 2 aliphatic rings. The van der Waals surface area contributed by atoms with Crippen LogP contribution in [0.4, 0.5) is 0 Å². The Morgan fingerprint density at radius 3 is 1.92 bits per heavy atom. The molecule has 1 aliphatic carbocycles. The van der Waals surface area contributed by atoms with Gasteiger partial charge in [-0.3, -0.25) is 0 Å². The van der Waals surface area contributed by atoms with Crippen molar-refractivity contribution in [2.24, 2.45) is 0 Å². The number of hydrogen-bond acceptors (Lipinski definition) is 4. The molecule has 1 aliphatic heterocycles. The van der Waals surface area contributed by atoms with Crippen LogP contribution >= 0.6 is 0 Å². The zero-order valence-corrected chi connectivity index (χ0v) is 26.4. The Morgan fingerprint density at radius 1 is 0.429 bits per heavy atom. The summed E-state index contributed by atoms with van der Waals surface area (Å²) >= 11 is 0. The van der Waals surface area contributed by atoms with Crippen LogP contribution in [0.1, 0.15) is 22.3 Å². The van der Waals surface area contributed by atoms with Gasteiger partial charge in [-0.15, -0.1) is 0 Å². The van der Waals surface area contributed by atoms with Crippen molar-refractivity contribution in [1.82, 2.24) is 9.97 Å². The summed E-state index contributed by atoms with van der Waals surface area (Å²) in [5.74, 6) is 3.47. The molecule has 0 spiro atoms. The maximum Gasteiger partial charge on any atom is 0.170 e. The smallest absolute Gasteiger partial charge is 0.170 e. The number of nitrogens with zero attached hydrogens (tertiary/aromatic N) is 2. The van der Waals surface area contributed by atoms with Crippen molar-refractivity contribution in [2.75, 3.05) is 0 Å². The number of ether oxygens (including phenoxy) is 2. The third kappa shape index (κ3) is 4.24. The van der Waals surface area contributed by atoms with Gasteiger partial charge in [-0.1, -0.05) is 127 Å². The molecule has 0 atom stereocenters. The zero-order valence-electron chi connectivity index (χ0n) is 26.4. The monoisotopic (exact) mass is 628 g/mol. The highest BCUT2D eigenvalue weighted by atomic mass is 16.6. The van der Waals surface area contributed by atoms with Crippen LogP contribution in [-0.2, 0) is 5.41 Å². The Balaban J connectivity index is 1.06. The average molecular weight is 629 g/mol. The van der Waals surface area contributed by atoms with Crippen LogP contribution in [-0.4, -0.2) is 9.97 Å². The van der Waals surface area contributed by atoms with E-state index in [0.29, 0.717) is 28.8 Å². The second-order valence-corrected chi connectivity index (χ2v) is 12.6. The summed E-state index contributed by atoms with van der Waals surface area (Å²) in [6, 6.07) is 57.1. The Hall–Kier alpha value is -6.52. The van der Waals surface area contributed by atoms with Crippen molar-refractivity contribution in [3.63, 3.8) is 0 Å². The fourth-order valence-electron chi connectivity index (χ4n) is 7.65. The van der Waals surface area contributed by atoms with E-state index in [4.69, 9.17) is 14.5 Å². The molecule has 0 saturated heterocycles. The second-order valence-electron chi connectivity index (χ2n) is 12.6. The largest absolute Gasteiger partial charge is 0.450 e. The predicted octanol–water partition coefficient (Wildman–Crippen LogP) is 11.2. The zero-order chi connectivity index (χ0) is 32.4. The van der Waals surface area contributed by atoms with Gasteiger partial charge in [0.25, 0.3) is 0 Å². The van der Waals surface area contributed by atoms with Gasteiger partial charge in [0.2, 0.25) is 0 Å². The molecule has 0 unspecified atom stereocenters. The lowest BCUT2D eigenvalue weighted by atomic mass is 9.67. The number of rotatable bonds is 4. The molecule has 1 aromatic heterocycles. The van der Waals surface area contributed by atoms with Gasteiger partial charge in [0.1, 0.15) is 0 Å². The van der Waals surface area contributed by atoms with Gasteiger partial charge in [0.15, 0.2) is 28.8 Å². The van der Waals surface area contributed by atoms with Crippen LogP contribution < -0.4 is 9.47 Å².